The van der Waals surface area contributed by atoms with Gasteiger partial charge in [-0.05, 0) is 29.9 Å². The fourth-order valence-corrected chi connectivity index (χ4v) is 2.09. The summed E-state index contributed by atoms with van der Waals surface area (Å²) in [6.45, 7) is 6.21. The SMILES string of the molecule is CC(C)(C)C(O)CCc1cccc2cccnc12. The molecule has 1 aromatic heterocycles. The summed E-state index contributed by atoms with van der Waals surface area (Å²) in [5, 5.41) is 11.3. The molecule has 0 bridgehead atoms. The average molecular weight is 243 g/mol. The molecule has 0 saturated carbocycles. The lowest BCUT2D eigenvalue weighted by atomic mass is 9.85. The predicted octanol–water partition coefficient (Wildman–Crippen LogP) is 3.57. The highest BCUT2D eigenvalue weighted by molar-refractivity contribution is 5.81. The van der Waals surface area contributed by atoms with Crippen molar-refractivity contribution in [3.8, 4) is 0 Å². The zero-order valence-electron chi connectivity index (χ0n) is 11.4. The van der Waals surface area contributed by atoms with E-state index in [-0.39, 0.29) is 11.5 Å². The molecule has 1 unspecified atom stereocenters. The Bertz CT molecular complexity index is 523. The molecule has 1 heterocycles. The largest absolute Gasteiger partial charge is 0.393 e. The van der Waals surface area contributed by atoms with Gasteiger partial charge in [-0.25, -0.2) is 0 Å². The molecule has 18 heavy (non-hydrogen) atoms. The second-order valence-corrected chi connectivity index (χ2v) is 5.91. The lowest BCUT2D eigenvalue weighted by Gasteiger charge is -2.25. The van der Waals surface area contributed by atoms with Gasteiger partial charge in [-0.15, -0.1) is 0 Å². The first-order valence-electron chi connectivity index (χ1n) is 6.49. The van der Waals surface area contributed by atoms with Gasteiger partial charge in [0.15, 0.2) is 0 Å². The van der Waals surface area contributed by atoms with Crippen molar-refractivity contribution < 1.29 is 5.11 Å². The minimum Gasteiger partial charge on any atom is -0.393 e. The van der Waals surface area contributed by atoms with Crippen LogP contribution in [0.2, 0.25) is 0 Å². The van der Waals surface area contributed by atoms with Gasteiger partial charge in [0.2, 0.25) is 0 Å². The summed E-state index contributed by atoms with van der Waals surface area (Å²) in [5.41, 5.74) is 2.22. The zero-order chi connectivity index (χ0) is 13.2. The number of aryl methyl sites for hydroxylation is 1. The third-order valence-electron chi connectivity index (χ3n) is 3.40. The molecule has 2 aromatic rings. The van der Waals surface area contributed by atoms with Crippen molar-refractivity contribution in [1.82, 2.24) is 4.98 Å². The molecule has 2 heteroatoms. The van der Waals surface area contributed by atoms with Gasteiger partial charge in [-0.2, -0.15) is 0 Å². The van der Waals surface area contributed by atoms with Crippen LogP contribution in [-0.2, 0) is 6.42 Å². The lowest BCUT2D eigenvalue weighted by molar-refractivity contribution is 0.0560. The van der Waals surface area contributed by atoms with Crippen LogP contribution in [0.15, 0.2) is 36.5 Å². The van der Waals surface area contributed by atoms with Gasteiger partial charge < -0.3 is 5.11 Å². The quantitative estimate of drug-likeness (QED) is 0.894. The zero-order valence-corrected chi connectivity index (χ0v) is 11.4. The van der Waals surface area contributed by atoms with Crippen LogP contribution in [0.4, 0.5) is 0 Å². The first-order chi connectivity index (χ1) is 8.48. The minimum atomic E-state index is -0.281. The molecule has 2 rings (SSSR count). The van der Waals surface area contributed by atoms with Crippen molar-refractivity contribution >= 4 is 10.9 Å². The van der Waals surface area contributed by atoms with Crippen LogP contribution in [-0.4, -0.2) is 16.2 Å². The van der Waals surface area contributed by atoms with Crippen molar-refractivity contribution in [2.75, 3.05) is 0 Å². The van der Waals surface area contributed by atoms with Crippen molar-refractivity contribution in [2.45, 2.75) is 39.7 Å². The molecule has 0 aliphatic carbocycles. The number of pyridine rings is 1. The normalized spacial score (nSPS) is 13.8. The second-order valence-electron chi connectivity index (χ2n) is 5.91. The Balaban J connectivity index is 2.18. The van der Waals surface area contributed by atoms with Crippen LogP contribution < -0.4 is 0 Å². The highest BCUT2D eigenvalue weighted by Gasteiger charge is 2.21. The minimum absolute atomic E-state index is 0.0575. The lowest BCUT2D eigenvalue weighted by Crippen LogP contribution is -2.26. The molecule has 2 nitrogen and oxygen atoms in total. The molecule has 1 N–H and O–H groups in total. The highest BCUT2D eigenvalue weighted by atomic mass is 16.3. The fourth-order valence-electron chi connectivity index (χ4n) is 2.09. The summed E-state index contributed by atoms with van der Waals surface area (Å²) in [6.07, 6.45) is 3.19. The van der Waals surface area contributed by atoms with E-state index in [0.29, 0.717) is 0 Å². The summed E-state index contributed by atoms with van der Waals surface area (Å²) in [6, 6.07) is 10.3. The Morgan fingerprint density at radius 1 is 1.17 bits per heavy atom. The van der Waals surface area contributed by atoms with Crippen molar-refractivity contribution in [2.24, 2.45) is 5.41 Å². The molecular formula is C16H21NO. The van der Waals surface area contributed by atoms with E-state index >= 15 is 0 Å². The molecule has 1 atom stereocenters. The van der Waals surface area contributed by atoms with Crippen LogP contribution in [0, 0.1) is 5.41 Å². The molecule has 0 amide bonds. The topological polar surface area (TPSA) is 33.1 Å². The van der Waals surface area contributed by atoms with Gasteiger partial charge in [-0.1, -0.05) is 45.0 Å². The molecule has 0 aliphatic heterocycles. The number of aromatic nitrogens is 1. The number of fused-ring (bicyclic) bond motifs is 1. The van der Waals surface area contributed by atoms with Gasteiger partial charge >= 0.3 is 0 Å². The average Bonchev–Trinajstić information content (AvgIpc) is 2.34. The number of aliphatic hydroxyl groups excluding tert-OH is 1. The van der Waals surface area contributed by atoms with Crippen LogP contribution in [0.1, 0.15) is 32.8 Å². The number of para-hydroxylation sites is 1. The van der Waals surface area contributed by atoms with Crippen molar-refractivity contribution in [3.05, 3.63) is 42.1 Å². The number of rotatable bonds is 3. The third kappa shape index (κ3) is 2.88. The predicted molar refractivity (Wildman–Crippen MR) is 75.5 cm³/mol. The maximum Gasteiger partial charge on any atom is 0.0733 e. The molecule has 0 aliphatic rings. The van der Waals surface area contributed by atoms with Crippen LogP contribution in [0.25, 0.3) is 10.9 Å². The maximum atomic E-state index is 10.1. The first kappa shape index (κ1) is 13.0. The highest BCUT2D eigenvalue weighted by Crippen LogP contribution is 2.24. The molecule has 1 aromatic carbocycles. The summed E-state index contributed by atoms with van der Waals surface area (Å²) < 4.78 is 0. The summed E-state index contributed by atoms with van der Waals surface area (Å²) in [5.74, 6) is 0. The summed E-state index contributed by atoms with van der Waals surface area (Å²) in [4.78, 5) is 4.44. The summed E-state index contributed by atoms with van der Waals surface area (Å²) >= 11 is 0. The molecule has 96 valence electrons. The standard InChI is InChI=1S/C16H21NO/c1-16(2,3)14(18)10-9-13-7-4-6-12-8-5-11-17-15(12)13/h4-8,11,14,18H,9-10H2,1-3H3. The van der Waals surface area contributed by atoms with Crippen LogP contribution in [0.3, 0.4) is 0 Å². The molecular weight excluding hydrogens is 222 g/mol. The Morgan fingerprint density at radius 3 is 2.61 bits per heavy atom. The second kappa shape index (κ2) is 5.07. The van der Waals surface area contributed by atoms with Crippen LogP contribution >= 0.6 is 0 Å². The number of benzene rings is 1. The Morgan fingerprint density at radius 2 is 1.89 bits per heavy atom. The Kier molecular flexibility index (Phi) is 3.67. The van der Waals surface area contributed by atoms with Crippen molar-refractivity contribution in [3.63, 3.8) is 0 Å². The molecule has 0 spiro atoms. The maximum absolute atomic E-state index is 10.1. The van der Waals surface area contributed by atoms with Gasteiger partial charge in [0, 0.05) is 11.6 Å². The third-order valence-corrected chi connectivity index (χ3v) is 3.40. The number of aliphatic hydroxyl groups is 1. The Hall–Kier alpha value is -1.41. The summed E-state index contributed by atoms with van der Waals surface area (Å²) in [7, 11) is 0. The van der Waals surface area contributed by atoms with E-state index in [0.717, 1.165) is 18.4 Å². The van der Waals surface area contributed by atoms with Gasteiger partial charge in [0.25, 0.3) is 0 Å². The van der Waals surface area contributed by atoms with Gasteiger partial charge in [0.1, 0.15) is 0 Å². The Labute approximate surface area is 109 Å². The first-order valence-corrected chi connectivity index (χ1v) is 6.49. The smallest absolute Gasteiger partial charge is 0.0733 e. The van der Waals surface area contributed by atoms with Crippen LogP contribution in [0.5, 0.6) is 0 Å². The molecule has 0 saturated heterocycles. The van der Waals surface area contributed by atoms with E-state index in [1.807, 2.05) is 12.3 Å². The number of hydrogen-bond acceptors (Lipinski definition) is 2. The van der Waals surface area contributed by atoms with E-state index in [1.54, 1.807) is 0 Å². The van der Waals surface area contributed by atoms with E-state index < -0.39 is 0 Å². The molecule has 0 radical (unpaired) electrons. The van der Waals surface area contributed by atoms with E-state index in [9.17, 15) is 5.11 Å². The van der Waals surface area contributed by atoms with E-state index in [1.165, 1.54) is 10.9 Å². The monoisotopic (exact) mass is 243 g/mol. The molecule has 0 fully saturated rings. The number of hydrogen-bond donors (Lipinski definition) is 1. The van der Waals surface area contributed by atoms with E-state index in [2.05, 4.69) is 50.0 Å². The van der Waals surface area contributed by atoms with Crippen molar-refractivity contribution in [1.29, 1.82) is 0 Å². The van der Waals surface area contributed by atoms with Gasteiger partial charge in [-0.3, -0.25) is 4.98 Å². The fraction of sp³-hybridized carbons (Fsp3) is 0.438. The van der Waals surface area contributed by atoms with Gasteiger partial charge in [0.05, 0.1) is 11.6 Å². The number of nitrogens with zero attached hydrogens (tertiary/aromatic N) is 1. The van der Waals surface area contributed by atoms with E-state index in [4.69, 9.17) is 0 Å².